The number of rotatable bonds is 2. The largest absolute Gasteiger partial charge is 0.363 e. The second kappa shape index (κ2) is 2.30. The molecule has 0 aromatic heterocycles. The van der Waals surface area contributed by atoms with Crippen LogP contribution in [0.5, 0.6) is 0 Å². The molecule has 40 valence electrons. The highest BCUT2D eigenvalue weighted by molar-refractivity contribution is 6.36. The Bertz CT molecular complexity index is 99.1. The first-order chi connectivity index (χ1) is 3.18. The van der Waals surface area contributed by atoms with Crippen LogP contribution >= 0.6 is 0 Å². The van der Waals surface area contributed by atoms with Crippen LogP contribution in [-0.4, -0.2) is 18.2 Å². The molecule has 0 bridgehead atoms. The predicted molar refractivity (Wildman–Crippen MR) is 23.3 cm³/mol. The Kier molecular flexibility index (Phi) is 2.01. The summed E-state index contributed by atoms with van der Waals surface area (Å²) >= 11 is 0. The van der Waals surface area contributed by atoms with Crippen LogP contribution in [0.1, 0.15) is 0 Å². The van der Waals surface area contributed by atoms with Crippen LogP contribution in [0.4, 0.5) is 0 Å². The van der Waals surface area contributed by atoms with Gasteiger partial charge in [0.2, 0.25) is 5.78 Å². The third-order valence-corrected chi connectivity index (χ3v) is 0.460. The Balaban J connectivity index is 3.58. The van der Waals surface area contributed by atoms with Crippen LogP contribution in [0.15, 0.2) is 0 Å². The summed E-state index contributed by atoms with van der Waals surface area (Å²) in [6.45, 7) is -0.296. The molecule has 0 saturated heterocycles. The SMILES string of the molecule is NCC(=O)C(N)=O. The van der Waals surface area contributed by atoms with Gasteiger partial charge in [-0.3, -0.25) is 9.59 Å². The Morgan fingerprint density at radius 1 is 1.43 bits per heavy atom. The minimum atomic E-state index is -0.970. The third kappa shape index (κ3) is 1.88. The molecule has 0 aliphatic rings. The molecule has 0 rings (SSSR count). The van der Waals surface area contributed by atoms with E-state index < -0.39 is 11.7 Å². The van der Waals surface area contributed by atoms with E-state index in [4.69, 9.17) is 5.73 Å². The summed E-state index contributed by atoms with van der Waals surface area (Å²) < 4.78 is 0. The standard InChI is InChI=1S/C3H6N2O2/c4-1-2(6)3(5)7/h1,4H2,(H2,5,7). The number of nitrogens with two attached hydrogens (primary N) is 2. The van der Waals surface area contributed by atoms with Gasteiger partial charge in [0.1, 0.15) is 0 Å². The first-order valence-corrected chi connectivity index (χ1v) is 1.71. The minimum absolute atomic E-state index is 0.296. The number of Topliss-reactive ketones (excluding diaryl/α,β-unsaturated/α-hetero) is 1. The highest BCUT2D eigenvalue weighted by Crippen LogP contribution is 1.58. The summed E-state index contributed by atoms with van der Waals surface area (Å²) in [5, 5.41) is 0. The van der Waals surface area contributed by atoms with Gasteiger partial charge < -0.3 is 11.5 Å². The van der Waals surface area contributed by atoms with Crippen molar-refractivity contribution >= 4 is 11.7 Å². The van der Waals surface area contributed by atoms with Gasteiger partial charge in [0.25, 0.3) is 5.91 Å². The first-order valence-electron chi connectivity index (χ1n) is 1.71. The summed E-state index contributed by atoms with van der Waals surface area (Å²) in [6, 6.07) is 0. The van der Waals surface area contributed by atoms with Gasteiger partial charge in [-0.05, 0) is 0 Å². The number of primary amides is 1. The topological polar surface area (TPSA) is 86.2 Å². The van der Waals surface area contributed by atoms with E-state index in [1.54, 1.807) is 0 Å². The van der Waals surface area contributed by atoms with E-state index in [-0.39, 0.29) is 6.54 Å². The molecule has 4 heteroatoms. The molecular formula is C3H6N2O2. The molecule has 0 fully saturated rings. The fraction of sp³-hybridized carbons (Fsp3) is 0.333. The second-order valence-electron chi connectivity index (χ2n) is 0.992. The van der Waals surface area contributed by atoms with E-state index in [1.807, 2.05) is 0 Å². The number of hydrogen-bond acceptors (Lipinski definition) is 3. The van der Waals surface area contributed by atoms with Gasteiger partial charge in [-0.1, -0.05) is 0 Å². The molecule has 0 atom stereocenters. The molecule has 0 radical (unpaired) electrons. The van der Waals surface area contributed by atoms with E-state index in [9.17, 15) is 9.59 Å². The van der Waals surface area contributed by atoms with Gasteiger partial charge in [0.15, 0.2) is 0 Å². The van der Waals surface area contributed by atoms with E-state index >= 15 is 0 Å². The van der Waals surface area contributed by atoms with Gasteiger partial charge in [0.05, 0.1) is 6.54 Å². The van der Waals surface area contributed by atoms with Crippen LogP contribution in [0.25, 0.3) is 0 Å². The van der Waals surface area contributed by atoms with E-state index in [2.05, 4.69) is 5.73 Å². The number of hydrogen-bond donors (Lipinski definition) is 2. The van der Waals surface area contributed by atoms with Crippen molar-refractivity contribution in [3.05, 3.63) is 0 Å². The smallest absolute Gasteiger partial charge is 0.286 e. The fourth-order valence-electron chi connectivity index (χ4n) is 0.101. The van der Waals surface area contributed by atoms with E-state index in [0.717, 1.165) is 0 Å². The molecule has 0 aliphatic carbocycles. The maximum atomic E-state index is 9.91. The highest BCUT2D eigenvalue weighted by atomic mass is 16.2. The minimum Gasteiger partial charge on any atom is -0.363 e. The lowest BCUT2D eigenvalue weighted by molar-refractivity contribution is -0.135. The summed E-state index contributed by atoms with van der Waals surface area (Å²) in [6.07, 6.45) is 0. The molecule has 0 aromatic rings. The maximum Gasteiger partial charge on any atom is 0.286 e. The van der Waals surface area contributed by atoms with Crippen molar-refractivity contribution in [2.24, 2.45) is 11.5 Å². The zero-order valence-electron chi connectivity index (χ0n) is 3.68. The van der Waals surface area contributed by atoms with E-state index in [1.165, 1.54) is 0 Å². The molecule has 0 unspecified atom stereocenters. The van der Waals surface area contributed by atoms with Crippen molar-refractivity contribution in [3.63, 3.8) is 0 Å². The lowest BCUT2D eigenvalue weighted by Gasteiger charge is -1.82. The zero-order chi connectivity index (χ0) is 5.86. The predicted octanol–water partition coefficient (Wildman–Crippen LogP) is -2.00. The molecular weight excluding hydrogens is 96.0 g/mol. The Morgan fingerprint density at radius 2 is 1.86 bits per heavy atom. The quantitative estimate of drug-likeness (QED) is 0.395. The van der Waals surface area contributed by atoms with E-state index in [0.29, 0.717) is 0 Å². The lowest BCUT2D eigenvalue weighted by Crippen LogP contribution is -2.29. The van der Waals surface area contributed by atoms with Crippen molar-refractivity contribution in [1.29, 1.82) is 0 Å². The average Bonchev–Trinajstić information content (AvgIpc) is 1.65. The van der Waals surface area contributed by atoms with Crippen molar-refractivity contribution in [2.75, 3.05) is 6.54 Å². The Hall–Kier alpha value is -0.900. The van der Waals surface area contributed by atoms with Gasteiger partial charge >= 0.3 is 0 Å². The van der Waals surface area contributed by atoms with Crippen molar-refractivity contribution < 1.29 is 9.59 Å². The van der Waals surface area contributed by atoms with Gasteiger partial charge in [-0.25, -0.2) is 0 Å². The van der Waals surface area contributed by atoms with Crippen LogP contribution in [0.3, 0.4) is 0 Å². The first kappa shape index (κ1) is 6.10. The van der Waals surface area contributed by atoms with Gasteiger partial charge in [0, 0.05) is 0 Å². The van der Waals surface area contributed by atoms with Crippen LogP contribution in [0.2, 0.25) is 0 Å². The zero-order valence-corrected chi connectivity index (χ0v) is 3.68. The highest BCUT2D eigenvalue weighted by Gasteiger charge is 2.02. The Morgan fingerprint density at radius 3 is 1.86 bits per heavy atom. The fourth-order valence-corrected chi connectivity index (χ4v) is 0.101. The second-order valence-corrected chi connectivity index (χ2v) is 0.992. The number of ketones is 1. The summed E-state index contributed by atoms with van der Waals surface area (Å²) in [5.41, 5.74) is 9.20. The van der Waals surface area contributed by atoms with Crippen molar-refractivity contribution in [3.8, 4) is 0 Å². The number of amides is 1. The third-order valence-electron chi connectivity index (χ3n) is 0.460. The summed E-state index contributed by atoms with van der Waals surface area (Å²) in [4.78, 5) is 19.6. The monoisotopic (exact) mass is 102 g/mol. The molecule has 0 heterocycles. The molecule has 0 aromatic carbocycles. The Labute approximate surface area is 40.5 Å². The molecule has 0 aliphatic heterocycles. The van der Waals surface area contributed by atoms with Gasteiger partial charge in [-0.2, -0.15) is 0 Å². The van der Waals surface area contributed by atoms with Crippen molar-refractivity contribution in [2.45, 2.75) is 0 Å². The molecule has 0 saturated carbocycles. The molecule has 4 nitrogen and oxygen atoms in total. The average molecular weight is 102 g/mol. The van der Waals surface area contributed by atoms with Crippen LogP contribution in [-0.2, 0) is 9.59 Å². The lowest BCUT2D eigenvalue weighted by atomic mass is 10.4. The normalized spacial score (nSPS) is 8.14. The van der Waals surface area contributed by atoms with Gasteiger partial charge in [-0.15, -0.1) is 0 Å². The number of carbonyl (C=O) groups is 2. The van der Waals surface area contributed by atoms with Crippen molar-refractivity contribution in [1.82, 2.24) is 0 Å². The maximum absolute atomic E-state index is 9.91. The molecule has 7 heavy (non-hydrogen) atoms. The molecule has 0 spiro atoms. The van der Waals surface area contributed by atoms with Crippen LogP contribution < -0.4 is 11.5 Å². The molecule has 4 N–H and O–H groups in total. The van der Waals surface area contributed by atoms with Crippen LogP contribution in [0, 0.1) is 0 Å². The summed E-state index contributed by atoms with van der Waals surface area (Å²) in [5.74, 6) is -1.71. The number of carbonyl (C=O) groups excluding carboxylic acids is 2. The summed E-state index contributed by atoms with van der Waals surface area (Å²) in [7, 11) is 0. The molecule has 1 amide bonds.